The molecule has 0 bridgehead atoms. The van der Waals surface area contributed by atoms with Crippen molar-refractivity contribution in [3.8, 4) is 69.2 Å². The lowest BCUT2D eigenvalue weighted by molar-refractivity contribution is -0.139. The standard InChI is InChI=1S/C23H24F3N5O2.C19H16BrF3N4O.C16H11F3N4O.C3H7BrO/c1-2-33-21-5-4-16(12-17(21)23(24,25)26)18-13-20-22(19(14-27)29-18)28-15-31(20)7-3-6-30-8-10-32-11-9-30;1-2-28-17-5-4-12(8-13(17)19(21,22)23)14-9-16-18(15(10-24)26-14)25-11-27(16)7-3-6-20;1-2-24-14-4-3-9(5-10(14)16(17,18)19)11-6-12-15(22-8-21-12)13(7-20)23-11;4-2-1-3-5/h4-5,12-13,15H,2-3,6-11H2,1H3;4-5,8-9,11H,2-3,6-7H2,1H3;3-6,8H,2H2,1H3,(H,21,22);5H,1-3H2. The first-order valence-electron chi connectivity index (χ1n) is 28.0. The topological polar surface area (TPSA) is 235 Å². The smallest absolute Gasteiger partial charge is 0.419 e. The fraction of sp³-hybridized carbons (Fsp3) is 0.361. The molecule has 0 saturated carbocycles. The van der Waals surface area contributed by atoms with Gasteiger partial charge in [0.25, 0.3) is 0 Å². The molecule has 6 aromatic heterocycles. The van der Waals surface area contributed by atoms with Crippen LogP contribution < -0.4 is 14.2 Å². The van der Waals surface area contributed by atoms with E-state index in [0.717, 1.165) is 81.0 Å². The molecule has 2 N–H and O–H groups in total. The van der Waals surface area contributed by atoms with Gasteiger partial charge in [-0.25, -0.2) is 29.9 Å². The summed E-state index contributed by atoms with van der Waals surface area (Å²) in [5.41, 5.74) is 2.22. The van der Waals surface area contributed by atoms with Crippen LogP contribution in [0.5, 0.6) is 17.2 Å². The number of ether oxygens (including phenoxy) is 4. The second-order valence-corrected chi connectivity index (χ2v) is 20.9. The molecule has 1 aliphatic heterocycles. The molecule has 29 heteroatoms. The van der Waals surface area contributed by atoms with Gasteiger partial charge in [-0.05, 0) is 113 Å². The van der Waals surface area contributed by atoms with Gasteiger partial charge >= 0.3 is 18.5 Å². The first kappa shape index (κ1) is 69.1. The number of morpholine rings is 1. The summed E-state index contributed by atoms with van der Waals surface area (Å²) in [6, 6.07) is 22.1. The quantitative estimate of drug-likeness (QED) is 0.0600. The Bertz CT molecular complexity index is 4010. The van der Waals surface area contributed by atoms with Gasteiger partial charge < -0.3 is 38.2 Å². The number of alkyl halides is 11. The van der Waals surface area contributed by atoms with E-state index in [1.807, 2.05) is 27.3 Å². The van der Waals surface area contributed by atoms with Crippen LogP contribution in [-0.4, -0.2) is 124 Å². The first-order valence-corrected chi connectivity index (χ1v) is 30.2. The number of nitriles is 3. The number of aliphatic hydroxyl groups excluding tert-OH is 1. The second-order valence-electron chi connectivity index (χ2n) is 19.4. The molecule has 0 spiro atoms. The molecule has 18 nitrogen and oxygen atoms in total. The van der Waals surface area contributed by atoms with E-state index in [1.165, 1.54) is 42.7 Å². The summed E-state index contributed by atoms with van der Waals surface area (Å²) in [5, 5.41) is 37.9. The molecule has 9 aromatic rings. The molecular weight excluding hydrogens is 1330 g/mol. The average Bonchev–Trinajstić information content (AvgIpc) is 1.51. The molecule has 10 rings (SSSR count). The van der Waals surface area contributed by atoms with E-state index in [0.29, 0.717) is 52.8 Å². The van der Waals surface area contributed by atoms with Crippen LogP contribution in [0.3, 0.4) is 0 Å². The second kappa shape index (κ2) is 31.9. The minimum atomic E-state index is -4.58. The zero-order valence-corrected chi connectivity index (χ0v) is 51.8. The van der Waals surface area contributed by atoms with Crippen LogP contribution >= 0.6 is 31.9 Å². The van der Waals surface area contributed by atoms with E-state index in [4.69, 9.17) is 29.3 Å². The molecule has 3 aromatic carbocycles. The molecule has 0 amide bonds. The third-order valence-corrected chi connectivity index (χ3v) is 14.5. The van der Waals surface area contributed by atoms with Crippen molar-refractivity contribution >= 4 is 65.0 Å². The highest BCUT2D eigenvalue weighted by Crippen LogP contribution is 2.42. The highest BCUT2D eigenvalue weighted by atomic mass is 79.9. The summed E-state index contributed by atoms with van der Waals surface area (Å²) < 4.78 is 145. The van der Waals surface area contributed by atoms with E-state index in [1.54, 1.807) is 51.6 Å². The highest BCUT2D eigenvalue weighted by Gasteiger charge is 2.37. The number of benzene rings is 3. The number of aliphatic hydroxyl groups is 1. The lowest BCUT2D eigenvalue weighted by atomic mass is 10.1. The lowest BCUT2D eigenvalue weighted by Gasteiger charge is -2.26. The van der Waals surface area contributed by atoms with Crippen LogP contribution in [0.15, 0.2) is 91.8 Å². The summed E-state index contributed by atoms with van der Waals surface area (Å²) in [7, 11) is 0. The van der Waals surface area contributed by atoms with Gasteiger partial charge in [0.1, 0.15) is 52.0 Å². The number of nitrogens with zero attached hydrogens (tertiary/aromatic N) is 12. The van der Waals surface area contributed by atoms with Crippen molar-refractivity contribution in [1.82, 2.24) is 48.9 Å². The highest BCUT2D eigenvalue weighted by molar-refractivity contribution is 9.09. The molecule has 0 aliphatic carbocycles. The van der Waals surface area contributed by atoms with Crippen LogP contribution in [0, 0.1) is 34.0 Å². The number of imidazole rings is 3. The Kier molecular flexibility index (Phi) is 24.5. The van der Waals surface area contributed by atoms with Crippen molar-refractivity contribution in [1.29, 1.82) is 15.8 Å². The van der Waals surface area contributed by atoms with Gasteiger partial charge in [-0.15, -0.1) is 0 Å². The van der Waals surface area contributed by atoms with E-state index in [2.05, 4.69) is 71.6 Å². The van der Waals surface area contributed by atoms with Gasteiger partial charge in [-0.2, -0.15) is 55.3 Å². The average molecular weight is 1380 g/mol. The number of aryl methyl sites for hydroxylation is 2. The molecule has 7 heterocycles. The SMILES string of the molecule is CCOc1ccc(-c2cc3[nH]cnc3c(C#N)n2)cc1C(F)(F)F.CCOc1ccc(-c2cc3c(ncn3CCCBr)c(C#N)n2)cc1C(F)(F)F.CCOc1ccc(-c2cc3c(ncn3CCCN3CCOCC3)c(C#N)n2)cc1C(F)(F)F.OCCCBr. The van der Waals surface area contributed by atoms with Crippen molar-refractivity contribution in [2.24, 2.45) is 0 Å². The molecule has 0 unspecified atom stereocenters. The molecular formula is C61H58Br2F9N13O5. The normalized spacial score (nSPS) is 12.6. The molecule has 0 radical (unpaired) electrons. The summed E-state index contributed by atoms with van der Waals surface area (Å²) in [6.45, 7) is 11.0. The van der Waals surface area contributed by atoms with Crippen molar-refractivity contribution in [3.63, 3.8) is 0 Å². The summed E-state index contributed by atoms with van der Waals surface area (Å²) >= 11 is 6.52. The molecule has 0 atom stereocenters. The molecule has 90 heavy (non-hydrogen) atoms. The van der Waals surface area contributed by atoms with Gasteiger partial charge in [0.2, 0.25) is 0 Å². The number of fused-ring (bicyclic) bond motifs is 3. The van der Waals surface area contributed by atoms with E-state index >= 15 is 0 Å². The van der Waals surface area contributed by atoms with Crippen LogP contribution in [0.2, 0.25) is 0 Å². The zero-order chi connectivity index (χ0) is 65.2. The largest absolute Gasteiger partial charge is 0.493 e. The molecule has 1 saturated heterocycles. The van der Waals surface area contributed by atoms with Crippen LogP contribution in [0.1, 0.15) is 73.8 Å². The fourth-order valence-corrected chi connectivity index (χ4v) is 9.76. The van der Waals surface area contributed by atoms with Gasteiger partial charge in [-0.3, -0.25) is 4.90 Å². The minimum absolute atomic E-state index is 0.0474. The van der Waals surface area contributed by atoms with E-state index < -0.39 is 35.2 Å². The van der Waals surface area contributed by atoms with E-state index in [-0.39, 0.29) is 87.9 Å². The van der Waals surface area contributed by atoms with Crippen LogP contribution in [0.25, 0.3) is 66.9 Å². The summed E-state index contributed by atoms with van der Waals surface area (Å²) in [6.07, 6.45) is -6.48. The number of rotatable bonds is 18. The van der Waals surface area contributed by atoms with Crippen LogP contribution in [0.4, 0.5) is 39.5 Å². The van der Waals surface area contributed by atoms with Gasteiger partial charge in [0.05, 0.1) is 102 Å². The van der Waals surface area contributed by atoms with Gasteiger partial charge in [0.15, 0.2) is 17.1 Å². The maximum absolute atomic E-state index is 13.6. The number of aromatic nitrogens is 9. The number of aromatic amines is 1. The van der Waals surface area contributed by atoms with Crippen molar-refractivity contribution < 1.29 is 63.6 Å². The summed E-state index contributed by atoms with van der Waals surface area (Å²) in [5.74, 6) is -0.705. The number of hydrogen-bond donors (Lipinski definition) is 2. The van der Waals surface area contributed by atoms with Gasteiger partial charge in [0, 0.05) is 66.7 Å². The molecule has 1 aliphatic rings. The van der Waals surface area contributed by atoms with Crippen LogP contribution in [-0.2, 0) is 36.4 Å². The lowest BCUT2D eigenvalue weighted by Crippen LogP contribution is -2.37. The van der Waals surface area contributed by atoms with Crippen molar-refractivity contribution in [3.05, 3.63) is 126 Å². The Labute approximate surface area is 527 Å². The number of pyridine rings is 3. The first-order chi connectivity index (χ1) is 43.1. The third kappa shape index (κ3) is 17.5. The number of nitrogens with one attached hydrogen (secondary N) is 1. The summed E-state index contributed by atoms with van der Waals surface area (Å²) in [4.78, 5) is 30.3. The Hall–Kier alpha value is -8.40. The van der Waals surface area contributed by atoms with E-state index in [9.17, 15) is 50.0 Å². The number of H-pyrrole nitrogens is 1. The van der Waals surface area contributed by atoms with Crippen molar-refractivity contribution in [2.75, 3.05) is 69.9 Å². The Morgan fingerprint density at radius 3 is 1.31 bits per heavy atom. The number of hydrogen-bond acceptors (Lipinski definition) is 15. The third-order valence-electron chi connectivity index (χ3n) is 13.4. The monoisotopic (exact) mass is 1380 g/mol. The Morgan fingerprint density at radius 1 is 0.544 bits per heavy atom. The predicted octanol–water partition coefficient (Wildman–Crippen LogP) is 14.0. The Morgan fingerprint density at radius 2 is 0.944 bits per heavy atom. The maximum atomic E-state index is 13.6. The maximum Gasteiger partial charge on any atom is 0.419 e. The zero-order valence-electron chi connectivity index (χ0n) is 48.6. The molecule has 1 fully saturated rings. The Balaban J connectivity index is 0.000000187. The molecule has 474 valence electrons. The van der Waals surface area contributed by atoms with Crippen molar-refractivity contribution in [2.45, 2.75) is 71.7 Å². The van der Waals surface area contributed by atoms with Gasteiger partial charge in [-0.1, -0.05) is 31.9 Å². The fourth-order valence-electron chi connectivity index (χ4n) is 9.26. The number of halogens is 11. The predicted molar refractivity (Wildman–Crippen MR) is 324 cm³/mol. The minimum Gasteiger partial charge on any atom is -0.493 e.